The zero-order valence-electron chi connectivity index (χ0n) is 27.4. The highest BCUT2D eigenvalue weighted by molar-refractivity contribution is 6.01. The second kappa shape index (κ2) is 11.3. The van der Waals surface area contributed by atoms with E-state index >= 15 is 0 Å². The van der Waals surface area contributed by atoms with E-state index in [9.17, 15) is 9.59 Å². The molecule has 10 heteroatoms. The van der Waals surface area contributed by atoms with Crippen LogP contribution >= 0.6 is 0 Å². The largest absolute Gasteiger partial charge is 0.495 e. The number of nitrogens with one attached hydrogen (secondary N) is 2. The lowest BCUT2D eigenvalue weighted by atomic mass is 9.77. The molecule has 2 fully saturated rings. The molecule has 43 heavy (non-hydrogen) atoms. The molecule has 3 heterocycles. The Bertz CT molecular complexity index is 1360. The van der Waals surface area contributed by atoms with Gasteiger partial charge in [0, 0.05) is 42.3 Å². The number of carbonyl (C=O) groups is 2. The van der Waals surface area contributed by atoms with Crippen LogP contribution < -0.4 is 25.2 Å². The van der Waals surface area contributed by atoms with Gasteiger partial charge in [-0.2, -0.15) is 4.98 Å². The molecular formula is C33H49N7O3. The van der Waals surface area contributed by atoms with E-state index in [0.29, 0.717) is 41.2 Å². The Kier molecular flexibility index (Phi) is 8.13. The summed E-state index contributed by atoms with van der Waals surface area (Å²) >= 11 is 0. The van der Waals surface area contributed by atoms with Crippen LogP contribution in [0.3, 0.4) is 0 Å². The van der Waals surface area contributed by atoms with Crippen molar-refractivity contribution in [3.8, 4) is 5.75 Å². The summed E-state index contributed by atoms with van der Waals surface area (Å²) in [4.78, 5) is 42.6. The van der Waals surface area contributed by atoms with Gasteiger partial charge in [0.15, 0.2) is 5.82 Å². The van der Waals surface area contributed by atoms with Crippen molar-refractivity contribution in [2.75, 3.05) is 42.9 Å². The quantitative estimate of drug-likeness (QED) is 0.463. The highest BCUT2D eigenvalue weighted by Gasteiger charge is 2.44. The van der Waals surface area contributed by atoms with Gasteiger partial charge >= 0.3 is 0 Å². The third kappa shape index (κ3) is 6.03. The molecule has 1 saturated carbocycles. The van der Waals surface area contributed by atoms with Crippen LogP contribution in [-0.2, 0) is 4.79 Å². The van der Waals surface area contributed by atoms with Crippen molar-refractivity contribution >= 4 is 35.0 Å². The maximum absolute atomic E-state index is 13.4. The van der Waals surface area contributed by atoms with E-state index in [1.54, 1.807) is 37.4 Å². The second-order valence-electron chi connectivity index (χ2n) is 14.5. The zero-order valence-corrected chi connectivity index (χ0v) is 27.4. The van der Waals surface area contributed by atoms with Crippen molar-refractivity contribution in [1.29, 1.82) is 0 Å². The van der Waals surface area contributed by atoms with Gasteiger partial charge < -0.3 is 25.2 Å². The Morgan fingerprint density at radius 3 is 2.30 bits per heavy atom. The van der Waals surface area contributed by atoms with Crippen LogP contribution in [0.2, 0.25) is 0 Å². The fraction of sp³-hybridized carbons (Fsp3) is 0.636. The summed E-state index contributed by atoms with van der Waals surface area (Å²) in [5, 5.41) is 6.58. The first-order valence-corrected chi connectivity index (χ1v) is 15.5. The third-order valence-electron chi connectivity index (χ3n) is 9.95. The van der Waals surface area contributed by atoms with Crippen LogP contribution in [0.5, 0.6) is 5.75 Å². The zero-order chi connectivity index (χ0) is 31.3. The molecule has 1 aliphatic carbocycles. The van der Waals surface area contributed by atoms with Crippen LogP contribution in [-0.4, -0.2) is 77.6 Å². The fourth-order valence-corrected chi connectivity index (χ4v) is 7.32. The minimum atomic E-state index is -0.551. The molecule has 234 valence electrons. The van der Waals surface area contributed by atoms with Gasteiger partial charge in [0.05, 0.1) is 24.4 Å². The Labute approximate surface area is 256 Å². The van der Waals surface area contributed by atoms with Crippen molar-refractivity contribution < 1.29 is 14.3 Å². The van der Waals surface area contributed by atoms with Crippen LogP contribution in [0.15, 0.2) is 24.4 Å². The first-order valence-electron chi connectivity index (χ1n) is 15.5. The summed E-state index contributed by atoms with van der Waals surface area (Å²) in [6, 6.07) is 5.80. The van der Waals surface area contributed by atoms with Crippen molar-refractivity contribution in [2.45, 2.75) is 103 Å². The van der Waals surface area contributed by atoms with E-state index in [2.05, 4.69) is 60.2 Å². The molecule has 0 radical (unpaired) electrons. The summed E-state index contributed by atoms with van der Waals surface area (Å²) in [5.41, 5.74) is 1.31. The topological polar surface area (TPSA) is 103 Å². The van der Waals surface area contributed by atoms with E-state index in [1.807, 2.05) is 19.9 Å². The normalized spacial score (nSPS) is 22.2. The van der Waals surface area contributed by atoms with E-state index < -0.39 is 5.41 Å². The number of amides is 2. The molecule has 3 aliphatic rings. The molecule has 2 N–H and O–H groups in total. The molecule has 2 aromatic rings. The number of rotatable bonds is 6. The Morgan fingerprint density at radius 2 is 1.67 bits per heavy atom. The van der Waals surface area contributed by atoms with Gasteiger partial charge in [-0.15, -0.1) is 0 Å². The SMILES string of the molecule is COc1cc(C(=O)NC2CC(C)(C)N(C)C(C)(C)C2)ccc1Nc1ncc2c(n1)N(C1CCCC1)CC(C)(C)C(=O)N2C. The van der Waals surface area contributed by atoms with Gasteiger partial charge in [-0.3, -0.25) is 14.5 Å². The predicted molar refractivity (Wildman–Crippen MR) is 172 cm³/mol. The van der Waals surface area contributed by atoms with Crippen molar-refractivity contribution in [3.63, 3.8) is 0 Å². The molecule has 10 nitrogen and oxygen atoms in total. The summed E-state index contributed by atoms with van der Waals surface area (Å²) in [6.45, 7) is 13.5. The number of fused-ring (bicyclic) bond motifs is 1. The Balaban J connectivity index is 1.38. The Hall–Kier alpha value is -3.40. The molecule has 2 aliphatic heterocycles. The number of aromatic nitrogens is 2. The lowest BCUT2D eigenvalue weighted by Gasteiger charge is -2.53. The molecule has 1 aromatic carbocycles. The van der Waals surface area contributed by atoms with Gasteiger partial charge in [-0.25, -0.2) is 4.98 Å². The van der Waals surface area contributed by atoms with E-state index in [0.717, 1.165) is 31.5 Å². The van der Waals surface area contributed by atoms with Crippen molar-refractivity contribution in [3.05, 3.63) is 30.0 Å². The van der Waals surface area contributed by atoms with Crippen LogP contribution in [0, 0.1) is 5.41 Å². The summed E-state index contributed by atoms with van der Waals surface area (Å²) < 4.78 is 5.70. The summed E-state index contributed by atoms with van der Waals surface area (Å²) in [5.74, 6) is 1.64. The van der Waals surface area contributed by atoms with E-state index in [4.69, 9.17) is 9.72 Å². The molecular weight excluding hydrogens is 542 g/mol. The number of anilines is 4. The second-order valence-corrected chi connectivity index (χ2v) is 14.5. The number of nitrogens with zero attached hydrogens (tertiary/aromatic N) is 5. The molecule has 0 unspecified atom stereocenters. The van der Waals surface area contributed by atoms with E-state index in [-0.39, 0.29) is 28.9 Å². The number of ether oxygens (including phenoxy) is 1. The number of benzene rings is 1. The van der Waals surface area contributed by atoms with Crippen molar-refractivity contribution in [1.82, 2.24) is 20.2 Å². The number of carbonyl (C=O) groups excluding carboxylic acids is 2. The number of hydrogen-bond acceptors (Lipinski definition) is 8. The van der Waals surface area contributed by atoms with E-state index in [1.165, 1.54) is 12.8 Å². The summed E-state index contributed by atoms with van der Waals surface area (Å²) in [6.07, 6.45) is 8.02. The van der Waals surface area contributed by atoms with Crippen LogP contribution in [0.4, 0.5) is 23.1 Å². The van der Waals surface area contributed by atoms with Gasteiger partial charge in [0.1, 0.15) is 11.4 Å². The average molecular weight is 592 g/mol. The minimum absolute atomic E-state index is 0.0236. The Morgan fingerprint density at radius 1 is 1.02 bits per heavy atom. The first kappa shape index (κ1) is 31.0. The number of likely N-dealkylation sites (tertiary alicyclic amines) is 1. The minimum Gasteiger partial charge on any atom is -0.495 e. The van der Waals surface area contributed by atoms with Gasteiger partial charge in [-0.05, 0) is 92.5 Å². The van der Waals surface area contributed by atoms with Crippen LogP contribution in [0.25, 0.3) is 0 Å². The number of hydrogen-bond donors (Lipinski definition) is 2. The monoisotopic (exact) mass is 591 g/mol. The highest BCUT2D eigenvalue weighted by atomic mass is 16.5. The van der Waals surface area contributed by atoms with Crippen molar-refractivity contribution in [2.24, 2.45) is 5.41 Å². The standard InChI is InChI=1S/C33H49N7O3/c1-31(2)20-40(23-12-10-11-13-23)27-25(38(7)29(31)42)19-34-30(37-27)36-24-15-14-21(16-26(24)43-9)28(41)35-22-17-32(3,4)39(8)33(5,6)18-22/h14-16,19,22-23H,10-13,17-18,20H2,1-9H3,(H,35,41)(H,34,36,37). The molecule has 0 bridgehead atoms. The fourth-order valence-electron chi connectivity index (χ4n) is 7.32. The first-order chi connectivity index (χ1) is 20.1. The molecule has 2 amide bonds. The number of methoxy groups -OCH3 is 1. The highest BCUT2D eigenvalue weighted by Crippen LogP contribution is 2.41. The van der Waals surface area contributed by atoms with Crippen LogP contribution in [0.1, 0.15) is 90.4 Å². The molecule has 0 spiro atoms. The van der Waals surface area contributed by atoms with Gasteiger partial charge in [0.2, 0.25) is 11.9 Å². The molecule has 1 aromatic heterocycles. The van der Waals surface area contributed by atoms with Gasteiger partial charge in [0.25, 0.3) is 5.91 Å². The third-order valence-corrected chi connectivity index (χ3v) is 9.95. The number of piperidine rings is 1. The molecule has 0 atom stereocenters. The average Bonchev–Trinajstić information content (AvgIpc) is 3.46. The maximum atomic E-state index is 13.4. The lowest BCUT2D eigenvalue weighted by Crippen LogP contribution is -2.62. The molecule has 1 saturated heterocycles. The lowest BCUT2D eigenvalue weighted by molar-refractivity contribution is -0.125. The molecule has 5 rings (SSSR count). The van der Waals surface area contributed by atoms with Gasteiger partial charge in [-0.1, -0.05) is 12.8 Å². The smallest absolute Gasteiger partial charge is 0.251 e. The maximum Gasteiger partial charge on any atom is 0.251 e. The summed E-state index contributed by atoms with van der Waals surface area (Å²) in [7, 11) is 5.55. The predicted octanol–water partition coefficient (Wildman–Crippen LogP) is 5.36.